The molecule has 7 nitrogen and oxygen atoms in total. The Morgan fingerprint density at radius 3 is 2.47 bits per heavy atom. The first-order valence-corrected chi connectivity index (χ1v) is 5.73. The average molecular weight is 270 g/mol. The topological polar surface area (TPSA) is 105 Å². The highest BCUT2D eigenvalue weighted by Gasteiger charge is 2.21. The lowest BCUT2D eigenvalue weighted by Gasteiger charge is -2.26. The fourth-order valence-electron chi connectivity index (χ4n) is 1.45. The van der Waals surface area contributed by atoms with Crippen molar-refractivity contribution in [2.45, 2.75) is 19.0 Å². The molecule has 0 heterocycles. The van der Waals surface area contributed by atoms with E-state index in [1.54, 1.807) is 13.0 Å². The van der Waals surface area contributed by atoms with E-state index >= 15 is 0 Å². The van der Waals surface area contributed by atoms with Crippen LogP contribution in [0.1, 0.15) is 12.5 Å². The summed E-state index contributed by atoms with van der Waals surface area (Å²) < 4.78 is 5.00. The molecular formula is C12H18N2O5. The average Bonchev–Trinajstić information content (AvgIpc) is 2.44. The van der Waals surface area contributed by atoms with E-state index in [1.807, 2.05) is 0 Å². The summed E-state index contributed by atoms with van der Waals surface area (Å²) in [5.41, 5.74) is -0.261. The fraction of sp³-hybridized carbons (Fsp3) is 0.500. The van der Waals surface area contributed by atoms with Gasteiger partial charge in [-0.15, -0.1) is 0 Å². The zero-order valence-electron chi connectivity index (χ0n) is 10.9. The van der Waals surface area contributed by atoms with Gasteiger partial charge in [0.15, 0.2) is 0 Å². The van der Waals surface area contributed by atoms with E-state index in [2.05, 4.69) is 5.32 Å². The Bertz CT molecular complexity index is 446. The number of hydrogen-bond acceptors (Lipinski definition) is 6. The second kappa shape index (κ2) is 6.46. The number of nitro groups is 1. The molecule has 19 heavy (non-hydrogen) atoms. The molecule has 1 aromatic carbocycles. The number of non-ortho nitro benzene ring substituents is 1. The van der Waals surface area contributed by atoms with Crippen LogP contribution in [0.15, 0.2) is 18.2 Å². The molecule has 0 saturated carbocycles. The van der Waals surface area contributed by atoms with Crippen LogP contribution in [0, 0.1) is 10.1 Å². The molecule has 0 amide bonds. The molecule has 0 saturated heterocycles. The van der Waals surface area contributed by atoms with Crippen molar-refractivity contribution in [2.24, 2.45) is 0 Å². The predicted molar refractivity (Wildman–Crippen MR) is 69.1 cm³/mol. The number of nitrogens with one attached hydrogen (secondary N) is 1. The SMILES string of the molecule is COc1cc(CNC(C)(CO)CO)cc([N+](=O)[O-])c1. The monoisotopic (exact) mass is 270 g/mol. The number of benzene rings is 1. The van der Waals surface area contributed by atoms with Gasteiger partial charge >= 0.3 is 0 Å². The molecule has 1 rings (SSSR count). The van der Waals surface area contributed by atoms with E-state index in [1.165, 1.54) is 19.2 Å². The third kappa shape index (κ3) is 4.16. The molecule has 0 aliphatic heterocycles. The molecule has 0 radical (unpaired) electrons. The van der Waals surface area contributed by atoms with Crippen molar-refractivity contribution in [3.05, 3.63) is 33.9 Å². The number of hydrogen-bond donors (Lipinski definition) is 3. The van der Waals surface area contributed by atoms with Crippen molar-refractivity contribution < 1.29 is 19.9 Å². The summed E-state index contributed by atoms with van der Waals surface area (Å²) in [6.07, 6.45) is 0. The maximum Gasteiger partial charge on any atom is 0.273 e. The van der Waals surface area contributed by atoms with Crippen LogP contribution >= 0.6 is 0 Å². The number of ether oxygens (including phenoxy) is 1. The van der Waals surface area contributed by atoms with Gasteiger partial charge in [0.1, 0.15) is 5.75 Å². The molecule has 0 spiro atoms. The standard InChI is InChI=1S/C12H18N2O5/c1-12(7-15,8-16)13-6-9-3-10(14(17)18)5-11(4-9)19-2/h3-5,13,15-16H,6-8H2,1-2H3. The van der Waals surface area contributed by atoms with Crippen molar-refractivity contribution in [2.75, 3.05) is 20.3 Å². The Labute approximate surface area is 111 Å². The van der Waals surface area contributed by atoms with E-state index in [4.69, 9.17) is 14.9 Å². The number of nitrogens with zero attached hydrogens (tertiary/aromatic N) is 1. The second-order valence-electron chi connectivity index (χ2n) is 4.53. The number of aliphatic hydroxyl groups is 2. The van der Waals surface area contributed by atoms with E-state index in [0.29, 0.717) is 11.3 Å². The van der Waals surface area contributed by atoms with Gasteiger partial charge < -0.3 is 20.3 Å². The summed E-state index contributed by atoms with van der Waals surface area (Å²) in [4.78, 5) is 10.3. The van der Waals surface area contributed by atoms with Crippen molar-refractivity contribution in [1.82, 2.24) is 5.32 Å². The fourth-order valence-corrected chi connectivity index (χ4v) is 1.45. The van der Waals surface area contributed by atoms with E-state index < -0.39 is 10.5 Å². The predicted octanol–water partition coefficient (Wildman–Crippen LogP) is 0.436. The number of methoxy groups -OCH3 is 1. The third-order valence-corrected chi connectivity index (χ3v) is 2.81. The number of nitro benzene ring substituents is 1. The highest BCUT2D eigenvalue weighted by molar-refractivity contribution is 5.42. The summed E-state index contributed by atoms with van der Waals surface area (Å²) in [6.45, 7) is 1.45. The van der Waals surface area contributed by atoms with Crippen LogP contribution in [0.4, 0.5) is 5.69 Å². The summed E-state index contributed by atoms with van der Waals surface area (Å²) >= 11 is 0. The molecule has 0 aliphatic carbocycles. The lowest BCUT2D eigenvalue weighted by atomic mass is 10.0. The van der Waals surface area contributed by atoms with Gasteiger partial charge in [0.05, 0.1) is 36.9 Å². The minimum atomic E-state index is -0.835. The molecule has 1 aromatic rings. The quantitative estimate of drug-likeness (QED) is 0.490. The van der Waals surface area contributed by atoms with Crippen molar-refractivity contribution in [3.63, 3.8) is 0 Å². The molecule has 0 fully saturated rings. The van der Waals surface area contributed by atoms with Crippen molar-refractivity contribution in [1.29, 1.82) is 0 Å². The number of aliphatic hydroxyl groups excluding tert-OH is 2. The van der Waals surface area contributed by atoms with Crippen molar-refractivity contribution >= 4 is 5.69 Å². The summed E-state index contributed by atoms with van der Waals surface area (Å²) in [5.74, 6) is 0.390. The van der Waals surface area contributed by atoms with Gasteiger partial charge in [0.25, 0.3) is 5.69 Å². The normalized spacial score (nSPS) is 11.4. The minimum Gasteiger partial charge on any atom is -0.496 e. The Morgan fingerprint density at radius 2 is 2.00 bits per heavy atom. The second-order valence-corrected chi connectivity index (χ2v) is 4.53. The Balaban J connectivity index is 2.89. The highest BCUT2D eigenvalue weighted by atomic mass is 16.6. The van der Waals surface area contributed by atoms with Crippen LogP contribution < -0.4 is 10.1 Å². The van der Waals surface area contributed by atoms with E-state index in [9.17, 15) is 10.1 Å². The van der Waals surface area contributed by atoms with Gasteiger partial charge in [-0.1, -0.05) is 0 Å². The van der Waals surface area contributed by atoms with Crippen LogP contribution in [0.2, 0.25) is 0 Å². The van der Waals surface area contributed by atoms with Crippen LogP contribution in [0.25, 0.3) is 0 Å². The molecular weight excluding hydrogens is 252 g/mol. The first kappa shape index (κ1) is 15.4. The molecule has 106 valence electrons. The van der Waals surface area contributed by atoms with Crippen molar-refractivity contribution in [3.8, 4) is 5.75 Å². The van der Waals surface area contributed by atoms with E-state index in [0.717, 1.165) is 0 Å². The van der Waals surface area contributed by atoms with Crippen LogP contribution in [-0.4, -0.2) is 41.0 Å². The molecule has 0 unspecified atom stereocenters. The Hall–Kier alpha value is -1.70. The minimum absolute atomic E-state index is 0.0640. The molecule has 7 heteroatoms. The molecule has 0 aromatic heterocycles. The first-order valence-electron chi connectivity index (χ1n) is 5.73. The largest absolute Gasteiger partial charge is 0.496 e. The van der Waals surface area contributed by atoms with Crippen LogP contribution in [0.3, 0.4) is 0 Å². The summed E-state index contributed by atoms with van der Waals surface area (Å²) in [7, 11) is 1.43. The summed E-state index contributed by atoms with van der Waals surface area (Å²) in [5, 5.41) is 32.0. The lowest BCUT2D eigenvalue weighted by molar-refractivity contribution is -0.385. The zero-order valence-corrected chi connectivity index (χ0v) is 10.9. The maximum atomic E-state index is 10.8. The Kier molecular flexibility index (Phi) is 5.22. The molecule has 0 atom stereocenters. The zero-order chi connectivity index (χ0) is 14.5. The first-order chi connectivity index (χ1) is 8.94. The molecule has 0 aliphatic rings. The van der Waals surface area contributed by atoms with Gasteiger partial charge in [0, 0.05) is 12.6 Å². The molecule has 3 N–H and O–H groups in total. The third-order valence-electron chi connectivity index (χ3n) is 2.81. The summed E-state index contributed by atoms with van der Waals surface area (Å²) in [6, 6.07) is 4.42. The Morgan fingerprint density at radius 1 is 1.37 bits per heavy atom. The van der Waals surface area contributed by atoms with Crippen LogP contribution in [0.5, 0.6) is 5.75 Å². The van der Waals surface area contributed by atoms with E-state index in [-0.39, 0.29) is 25.4 Å². The maximum absolute atomic E-state index is 10.8. The highest BCUT2D eigenvalue weighted by Crippen LogP contribution is 2.22. The lowest BCUT2D eigenvalue weighted by Crippen LogP contribution is -2.48. The van der Waals surface area contributed by atoms with Gasteiger partial charge in [0.2, 0.25) is 0 Å². The smallest absolute Gasteiger partial charge is 0.273 e. The van der Waals surface area contributed by atoms with Gasteiger partial charge in [-0.05, 0) is 18.6 Å². The number of rotatable bonds is 7. The molecule has 0 bridgehead atoms. The van der Waals surface area contributed by atoms with Gasteiger partial charge in [-0.3, -0.25) is 10.1 Å². The van der Waals surface area contributed by atoms with Crippen LogP contribution in [-0.2, 0) is 6.54 Å². The van der Waals surface area contributed by atoms with Gasteiger partial charge in [-0.2, -0.15) is 0 Å². The van der Waals surface area contributed by atoms with Gasteiger partial charge in [-0.25, -0.2) is 0 Å².